The molecule has 0 aromatic heterocycles. The van der Waals surface area contributed by atoms with Crippen molar-refractivity contribution in [3.05, 3.63) is 35.6 Å². The molecule has 1 N–H and O–H groups in total. The topological polar surface area (TPSA) is 94.2 Å². The largest absolute Gasteiger partial charge is 0.458 e. The molecular weight excluding hydrogens is 479 g/mol. The van der Waals surface area contributed by atoms with Gasteiger partial charge in [-0.25, -0.2) is 14.0 Å². The van der Waals surface area contributed by atoms with Gasteiger partial charge in [-0.3, -0.25) is 9.69 Å². The smallest absolute Gasteiger partial charge is 0.410 e. The SMILES string of the molecule is COC(C(C)C(=O)NC(Cc1ccccc1F)C(=O)OC(C)(C)C)[C@@H]1C[C@@H]2C[C@@H]2N1C(=O)OC(C)(C)C. The minimum atomic E-state index is -1.09. The number of nitrogens with one attached hydrogen (secondary N) is 1. The Morgan fingerprint density at radius 3 is 2.24 bits per heavy atom. The molecule has 1 aliphatic carbocycles. The first-order chi connectivity index (χ1) is 17.1. The molecule has 3 rings (SSSR count). The fraction of sp³-hybridized carbons (Fsp3) is 0.679. The van der Waals surface area contributed by atoms with Crippen molar-refractivity contribution in [2.45, 2.75) is 103 Å². The summed E-state index contributed by atoms with van der Waals surface area (Å²) in [5.74, 6) is -1.90. The van der Waals surface area contributed by atoms with Gasteiger partial charge in [0.1, 0.15) is 23.1 Å². The van der Waals surface area contributed by atoms with Crippen LogP contribution in [0.3, 0.4) is 0 Å². The number of benzene rings is 1. The van der Waals surface area contributed by atoms with E-state index >= 15 is 0 Å². The minimum Gasteiger partial charge on any atom is -0.458 e. The number of likely N-dealkylation sites (tertiary alicyclic amines) is 1. The molecule has 1 heterocycles. The van der Waals surface area contributed by atoms with Crippen LogP contribution in [0.5, 0.6) is 0 Å². The van der Waals surface area contributed by atoms with Crippen LogP contribution in [0.15, 0.2) is 24.3 Å². The van der Waals surface area contributed by atoms with Crippen LogP contribution in [0.25, 0.3) is 0 Å². The van der Waals surface area contributed by atoms with Gasteiger partial charge >= 0.3 is 12.1 Å². The van der Waals surface area contributed by atoms with Crippen molar-refractivity contribution >= 4 is 18.0 Å². The first-order valence-corrected chi connectivity index (χ1v) is 12.9. The van der Waals surface area contributed by atoms with Gasteiger partial charge in [-0.15, -0.1) is 0 Å². The third-order valence-corrected chi connectivity index (χ3v) is 6.70. The second-order valence-corrected chi connectivity index (χ2v) is 12.1. The zero-order valence-electron chi connectivity index (χ0n) is 23.2. The van der Waals surface area contributed by atoms with Crippen molar-refractivity contribution in [3.8, 4) is 0 Å². The summed E-state index contributed by atoms with van der Waals surface area (Å²) in [5.41, 5.74) is -1.14. The Morgan fingerprint density at radius 2 is 1.68 bits per heavy atom. The van der Waals surface area contributed by atoms with E-state index in [9.17, 15) is 18.8 Å². The number of methoxy groups -OCH3 is 1. The Labute approximate surface area is 219 Å². The van der Waals surface area contributed by atoms with Crippen LogP contribution in [0.2, 0.25) is 0 Å². The van der Waals surface area contributed by atoms with Gasteiger partial charge in [0.15, 0.2) is 0 Å². The maximum Gasteiger partial charge on any atom is 0.410 e. The van der Waals surface area contributed by atoms with E-state index in [-0.39, 0.29) is 18.5 Å². The number of carbonyl (C=O) groups excluding carboxylic acids is 3. The fourth-order valence-electron chi connectivity index (χ4n) is 4.97. The number of esters is 1. The molecule has 1 aromatic rings. The van der Waals surface area contributed by atoms with Crippen LogP contribution in [0.4, 0.5) is 9.18 Å². The molecular formula is C28H41FN2O6. The zero-order valence-corrected chi connectivity index (χ0v) is 23.2. The highest BCUT2D eigenvalue weighted by Gasteiger charge is 2.58. The molecule has 8 nitrogen and oxygen atoms in total. The highest BCUT2D eigenvalue weighted by Crippen LogP contribution is 2.50. The van der Waals surface area contributed by atoms with E-state index in [1.165, 1.54) is 13.2 Å². The molecule has 6 atom stereocenters. The molecule has 1 aromatic carbocycles. The third kappa shape index (κ3) is 7.43. The molecule has 2 fully saturated rings. The average Bonchev–Trinajstić information content (AvgIpc) is 3.42. The Morgan fingerprint density at radius 1 is 1.05 bits per heavy atom. The van der Waals surface area contributed by atoms with Crippen molar-refractivity contribution in [2.24, 2.45) is 11.8 Å². The fourth-order valence-corrected chi connectivity index (χ4v) is 4.97. The zero-order chi connectivity index (χ0) is 27.7. The highest BCUT2D eigenvalue weighted by atomic mass is 19.1. The van der Waals surface area contributed by atoms with Gasteiger partial charge in [-0.2, -0.15) is 0 Å². The highest BCUT2D eigenvalue weighted by molar-refractivity contribution is 5.86. The number of amides is 2. The number of hydrogen-bond acceptors (Lipinski definition) is 6. The number of hydrogen-bond donors (Lipinski definition) is 1. The Bertz CT molecular complexity index is 1000. The summed E-state index contributed by atoms with van der Waals surface area (Å²) in [4.78, 5) is 41.1. The summed E-state index contributed by atoms with van der Waals surface area (Å²) in [5, 5.41) is 2.76. The quantitative estimate of drug-likeness (QED) is 0.515. The van der Waals surface area contributed by atoms with E-state index in [2.05, 4.69) is 5.32 Å². The van der Waals surface area contributed by atoms with Crippen molar-refractivity contribution in [2.75, 3.05) is 7.11 Å². The number of piperidine rings is 1. The monoisotopic (exact) mass is 520 g/mol. The molecule has 9 heteroatoms. The Kier molecular flexibility index (Phi) is 8.57. The number of fused-ring (bicyclic) bond motifs is 1. The molecule has 2 aliphatic rings. The molecule has 0 spiro atoms. The Hall–Kier alpha value is -2.68. The first kappa shape index (κ1) is 28.9. The third-order valence-electron chi connectivity index (χ3n) is 6.70. The number of halogens is 1. The number of rotatable bonds is 8. The van der Waals surface area contributed by atoms with Crippen molar-refractivity contribution in [1.82, 2.24) is 10.2 Å². The number of ether oxygens (including phenoxy) is 3. The molecule has 1 saturated heterocycles. The van der Waals surface area contributed by atoms with E-state index < -0.39 is 53.1 Å². The van der Waals surface area contributed by atoms with Gasteiger partial charge in [0, 0.05) is 19.6 Å². The lowest BCUT2D eigenvalue weighted by atomic mass is 9.93. The molecule has 0 bridgehead atoms. The molecule has 2 amide bonds. The lowest BCUT2D eigenvalue weighted by molar-refractivity contribution is -0.159. The molecule has 206 valence electrons. The van der Waals surface area contributed by atoms with Crippen LogP contribution in [-0.4, -0.2) is 65.4 Å². The van der Waals surface area contributed by atoms with Gasteiger partial charge in [0.05, 0.1) is 18.1 Å². The minimum absolute atomic E-state index is 0.0602. The standard InChI is InChI=1S/C28H41FN2O6/c1-16(23(35-8)22-15-18-14-21(18)31(22)26(34)37-28(5,6)7)24(32)30-20(25(33)36-27(2,3)4)13-17-11-9-10-12-19(17)29/h9-12,16,18,20-23H,13-15H2,1-8H3,(H,30,32)/t16?,18-,20?,21-,22-,23?/m0/s1. The Balaban J connectivity index is 1.77. The lowest BCUT2D eigenvalue weighted by Gasteiger charge is -2.36. The van der Waals surface area contributed by atoms with E-state index in [1.54, 1.807) is 50.8 Å². The maximum absolute atomic E-state index is 14.4. The van der Waals surface area contributed by atoms with Crippen LogP contribution < -0.4 is 5.32 Å². The van der Waals surface area contributed by atoms with Gasteiger partial charge < -0.3 is 19.5 Å². The van der Waals surface area contributed by atoms with Gasteiger partial charge in [0.25, 0.3) is 0 Å². The van der Waals surface area contributed by atoms with Gasteiger partial charge in [0.2, 0.25) is 5.91 Å². The maximum atomic E-state index is 14.4. The van der Waals surface area contributed by atoms with Gasteiger partial charge in [-0.1, -0.05) is 25.1 Å². The van der Waals surface area contributed by atoms with E-state index in [0.717, 1.165) is 6.42 Å². The predicted octanol–water partition coefficient (Wildman–Crippen LogP) is 4.24. The second kappa shape index (κ2) is 11.0. The van der Waals surface area contributed by atoms with Crippen LogP contribution in [0.1, 0.15) is 66.9 Å². The van der Waals surface area contributed by atoms with Crippen LogP contribution in [-0.2, 0) is 30.2 Å². The van der Waals surface area contributed by atoms with E-state index in [0.29, 0.717) is 17.9 Å². The van der Waals surface area contributed by atoms with Crippen LogP contribution in [0, 0.1) is 17.7 Å². The van der Waals surface area contributed by atoms with Crippen molar-refractivity contribution in [3.63, 3.8) is 0 Å². The summed E-state index contributed by atoms with van der Waals surface area (Å²) in [6.07, 6.45) is 0.535. The summed E-state index contributed by atoms with van der Waals surface area (Å²) >= 11 is 0. The molecule has 1 aliphatic heterocycles. The van der Waals surface area contributed by atoms with Crippen molar-refractivity contribution in [1.29, 1.82) is 0 Å². The van der Waals surface area contributed by atoms with E-state index in [4.69, 9.17) is 14.2 Å². The molecule has 37 heavy (non-hydrogen) atoms. The predicted molar refractivity (Wildman–Crippen MR) is 136 cm³/mol. The molecule has 0 radical (unpaired) electrons. The lowest BCUT2D eigenvalue weighted by Crippen LogP contribution is -2.54. The summed E-state index contributed by atoms with van der Waals surface area (Å²) in [7, 11) is 1.51. The number of nitrogens with zero attached hydrogens (tertiary/aromatic N) is 1. The summed E-state index contributed by atoms with van der Waals surface area (Å²) in [6.45, 7) is 12.3. The number of carbonyl (C=O) groups is 3. The van der Waals surface area contributed by atoms with Crippen LogP contribution >= 0.6 is 0 Å². The van der Waals surface area contributed by atoms with Gasteiger partial charge in [-0.05, 0) is 71.9 Å². The first-order valence-electron chi connectivity index (χ1n) is 12.9. The van der Waals surface area contributed by atoms with Crippen molar-refractivity contribution < 1.29 is 33.0 Å². The molecule has 3 unspecified atom stereocenters. The second-order valence-electron chi connectivity index (χ2n) is 12.1. The van der Waals surface area contributed by atoms with E-state index in [1.807, 2.05) is 20.8 Å². The average molecular weight is 521 g/mol. The summed E-state index contributed by atoms with van der Waals surface area (Å²) in [6, 6.07) is 4.77. The normalized spacial score (nSPS) is 23.5. The molecule has 1 saturated carbocycles. The summed E-state index contributed by atoms with van der Waals surface area (Å²) < 4.78 is 31.3.